The smallest absolute Gasteiger partial charge is 0.338 e. The number of carbonyl (C=O) groups is 1. The summed E-state index contributed by atoms with van der Waals surface area (Å²) >= 11 is 0. The molecule has 0 N–H and O–H groups in total. The number of nitrogens with zero attached hydrogens (tertiary/aromatic N) is 1. The van der Waals surface area contributed by atoms with Crippen LogP contribution in [0, 0.1) is 0 Å². The molecule has 4 aromatic carbocycles. The summed E-state index contributed by atoms with van der Waals surface area (Å²) < 4.78 is 33.7. The molecule has 0 radical (unpaired) electrons. The monoisotopic (exact) mass is 431 g/mol. The lowest BCUT2D eigenvalue weighted by Gasteiger charge is -2.25. The Morgan fingerprint density at radius 2 is 1.35 bits per heavy atom. The van der Waals surface area contributed by atoms with Crippen LogP contribution in [-0.2, 0) is 14.8 Å². The Kier molecular flexibility index (Phi) is 6.00. The van der Waals surface area contributed by atoms with Crippen molar-refractivity contribution in [1.82, 2.24) is 0 Å². The lowest BCUT2D eigenvalue weighted by Crippen LogP contribution is -2.34. The molecular formula is C25H21NO4S. The van der Waals surface area contributed by atoms with Gasteiger partial charge in [0.05, 0.1) is 22.7 Å². The molecule has 0 saturated carbocycles. The molecule has 0 spiro atoms. The second-order valence-electron chi connectivity index (χ2n) is 6.89. The molecule has 0 amide bonds. The summed E-state index contributed by atoms with van der Waals surface area (Å²) in [5.41, 5.74) is 0.961. The van der Waals surface area contributed by atoms with Crippen LogP contribution >= 0.6 is 0 Å². The highest BCUT2D eigenvalue weighted by Crippen LogP contribution is 2.31. The number of fused-ring (bicyclic) bond motifs is 1. The number of anilines is 1. The van der Waals surface area contributed by atoms with Crippen LogP contribution in [0.25, 0.3) is 10.8 Å². The highest BCUT2D eigenvalue weighted by Gasteiger charge is 2.26. The van der Waals surface area contributed by atoms with Gasteiger partial charge < -0.3 is 4.74 Å². The molecule has 0 unspecified atom stereocenters. The van der Waals surface area contributed by atoms with Crippen molar-refractivity contribution in [2.75, 3.05) is 17.5 Å². The Morgan fingerprint density at radius 3 is 2.10 bits per heavy atom. The van der Waals surface area contributed by atoms with Crippen LogP contribution in [0.1, 0.15) is 10.4 Å². The highest BCUT2D eigenvalue weighted by molar-refractivity contribution is 7.92. The Morgan fingerprint density at radius 1 is 0.742 bits per heavy atom. The van der Waals surface area contributed by atoms with E-state index in [2.05, 4.69) is 0 Å². The van der Waals surface area contributed by atoms with Gasteiger partial charge in [-0.1, -0.05) is 72.8 Å². The fourth-order valence-electron chi connectivity index (χ4n) is 3.39. The van der Waals surface area contributed by atoms with Crippen molar-refractivity contribution in [2.24, 2.45) is 0 Å². The fraction of sp³-hybridized carbons (Fsp3) is 0.0800. The third-order valence-electron chi connectivity index (χ3n) is 4.90. The van der Waals surface area contributed by atoms with Gasteiger partial charge in [-0.05, 0) is 35.7 Å². The molecule has 0 saturated heterocycles. The van der Waals surface area contributed by atoms with Gasteiger partial charge in [0.1, 0.15) is 6.61 Å². The Bertz CT molecular complexity index is 1280. The molecule has 0 aliphatic rings. The van der Waals surface area contributed by atoms with E-state index in [0.29, 0.717) is 11.3 Å². The molecule has 4 rings (SSSR count). The minimum atomic E-state index is -3.87. The third-order valence-corrected chi connectivity index (χ3v) is 6.73. The summed E-state index contributed by atoms with van der Waals surface area (Å²) in [4.78, 5) is 12.5. The summed E-state index contributed by atoms with van der Waals surface area (Å²) in [5, 5.41) is 1.73. The zero-order valence-electron chi connectivity index (χ0n) is 16.7. The lowest BCUT2D eigenvalue weighted by atomic mass is 10.1. The first-order valence-corrected chi connectivity index (χ1v) is 11.3. The van der Waals surface area contributed by atoms with E-state index < -0.39 is 16.0 Å². The van der Waals surface area contributed by atoms with Gasteiger partial charge in [0.15, 0.2) is 0 Å². The maximum atomic E-state index is 13.5. The summed E-state index contributed by atoms with van der Waals surface area (Å²) in [7, 11) is -3.87. The number of sulfonamides is 1. The number of benzene rings is 4. The lowest BCUT2D eigenvalue weighted by molar-refractivity contribution is 0.0517. The predicted octanol–water partition coefficient (Wildman–Crippen LogP) is 4.89. The second kappa shape index (κ2) is 9.02. The van der Waals surface area contributed by atoms with Gasteiger partial charge in [-0.2, -0.15) is 0 Å². The van der Waals surface area contributed by atoms with Gasteiger partial charge >= 0.3 is 5.97 Å². The van der Waals surface area contributed by atoms with Crippen molar-refractivity contribution in [3.63, 3.8) is 0 Å². The second-order valence-corrected chi connectivity index (χ2v) is 8.75. The van der Waals surface area contributed by atoms with Crippen LogP contribution in [0.5, 0.6) is 0 Å². The molecule has 6 heteroatoms. The molecule has 0 bridgehead atoms. The molecule has 156 valence electrons. The van der Waals surface area contributed by atoms with Crippen molar-refractivity contribution < 1.29 is 17.9 Å². The Balaban J connectivity index is 1.67. The molecule has 0 aromatic heterocycles. The first-order chi connectivity index (χ1) is 15.1. The van der Waals surface area contributed by atoms with Gasteiger partial charge in [-0.3, -0.25) is 4.31 Å². The maximum absolute atomic E-state index is 13.5. The number of hydrogen-bond acceptors (Lipinski definition) is 4. The largest absolute Gasteiger partial charge is 0.460 e. The minimum Gasteiger partial charge on any atom is -0.460 e. The molecular weight excluding hydrogens is 410 g/mol. The topological polar surface area (TPSA) is 63.7 Å². The van der Waals surface area contributed by atoms with Gasteiger partial charge in [0.2, 0.25) is 0 Å². The Labute approximate surface area is 181 Å². The van der Waals surface area contributed by atoms with Crippen molar-refractivity contribution in [1.29, 1.82) is 0 Å². The van der Waals surface area contributed by atoms with E-state index in [-0.39, 0.29) is 18.0 Å². The van der Waals surface area contributed by atoms with Gasteiger partial charge in [-0.15, -0.1) is 0 Å². The first kappa shape index (κ1) is 20.6. The van der Waals surface area contributed by atoms with Crippen molar-refractivity contribution >= 4 is 32.5 Å². The standard InChI is InChI=1S/C25H21NO4S/c27-25(21-11-3-1-4-12-21)30-19-18-26(31(28,29)22-14-5-2-6-15-22)24-17-9-13-20-10-7-8-16-23(20)24/h1-17H,18-19H2. The Hall–Kier alpha value is -3.64. The number of ether oxygens (including phenoxy) is 1. The average molecular weight is 432 g/mol. The molecule has 0 aliphatic carbocycles. The van der Waals surface area contributed by atoms with E-state index in [1.807, 2.05) is 42.5 Å². The minimum absolute atomic E-state index is 0.0101. The van der Waals surface area contributed by atoms with Crippen molar-refractivity contribution in [3.05, 3.63) is 109 Å². The van der Waals surface area contributed by atoms with Crippen LogP contribution in [0.2, 0.25) is 0 Å². The zero-order valence-corrected chi connectivity index (χ0v) is 17.5. The van der Waals surface area contributed by atoms with E-state index in [1.165, 1.54) is 4.31 Å². The van der Waals surface area contributed by atoms with E-state index >= 15 is 0 Å². The SMILES string of the molecule is O=C(OCCN(c1cccc2ccccc12)S(=O)(=O)c1ccccc1)c1ccccc1. The average Bonchev–Trinajstić information content (AvgIpc) is 2.82. The number of rotatable bonds is 7. The molecule has 31 heavy (non-hydrogen) atoms. The summed E-state index contributed by atoms with van der Waals surface area (Å²) in [6, 6.07) is 30.0. The van der Waals surface area contributed by atoms with Crippen molar-refractivity contribution in [2.45, 2.75) is 4.90 Å². The number of hydrogen-bond donors (Lipinski definition) is 0. The zero-order chi connectivity index (χ0) is 21.7. The summed E-state index contributed by atoms with van der Waals surface area (Å²) in [6.07, 6.45) is 0. The van der Waals surface area contributed by atoms with Gasteiger partial charge in [-0.25, -0.2) is 13.2 Å². The van der Waals surface area contributed by atoms with Crippen LogP contribution in [0.15, 0.2) is 108 Å². The first-order valence-electron chi connectivity index (χ1n) is 9.85. The van der Waals surface area contributed by atoms with Gasteiger partial charge in [0, 0.05) is 5.39 Å². The fourth-order valence-corrected chi connectivity index (χ4v) is 4.88. The van der Waals surface area contributed by atoms with Crippen LogP contribution < -0.4 is 4.31 Å². The molecule has 0 aliphatic heterocycles. The summed E-state index contributed by atoms with van der Waals surface area (Å²) in [5.74, 6) is -0.490. The molecule has 4 aromatic rings. The normalized spacial score (nSPS) is 11.2. The van der Waals surface area contributed by atoms with Crippen LogP contribution in [-0.4, -0.2) is 27.5 Å². The summed E-state index contributed by atoms with van der Waals surface area (Å²) in [6.45, 7) is -0.0905. The molecule has 0 atom stereocenters. The van der Waals surface area contributed by atoms with Gasteiger partial charge in [0.25, 0.3) is 10.0 Å². The predicted molar refractivity (Wildman–Crippen MR) is 122 cm³/mol. The van der Waals surface area contributed by atoms with Crippen LogP contribution in [0.4, 0.5) is 5.69 Å². The van der Waals surface area contributed by atoms with E-state index in [9.17, 15) is 13.2 Å². The molecule has 0 fully saturated rings. The van der Waals surface area contributed by atoms with E-state index in [0.717, 1.165) is 10.8 Å². The molecule has 0 heterocycles. The highest BCUT2D eigenvalue weighted by atomic mass is 32.2. The number of carbonyl (C=O) groups excluding carboxylic acids is 1. The van der Waals surface area contributed by atoms with E-state index in [4.69, 9.17) is 4.74 Å². The number of esters is 1. The molecule has 5 nitrogen and oxygen atoms in total. The van der Waals surface area contributed by atoms with Crippen molar-refractivity contribution in [3.8, 4) is 0 Å². The quantitative estimate of drug-likeness (QED) is 0.391. The van der Waals surface area contributed by atoms with E-state index in [1.54, 1.807) is 60.7 Å². The maximum Gasteiger partial charge on any atom is 0.338 e. The van der Waals surface area contributed by atoms with Crippen LogP contribution in [0.3, 0.4) is 0 Å². The third kappa shape index (κ3) is 4.44.